The van der Waals surface area contributed by atoms with Gasteiger partial charge in [0.25, 0.3) is 0 Å². The van der Waals surface area contributed by atoms with E-state index >= 15 is 0 Å². The number of carbonyl (C=O) groups is 1. The average Bonchev–Trinajstić information content (AvgIpc) is 2.35. The maximum Gasteiger partial charge on any atom is 0.416 e. The minimum atomic E-state index is -4.45. The molecule has 0 radical (unpaired) electrons. The van der Waals surface area contributed by atoms with Crippen LogP contribution in [0.5, 0.6) is 0 Å². The minimum absolute atomic E-state index is 0.0558. The van der Waals surface area contributed by atoms with Gasteiger partial charge in [0.1, 0.15) is 0 Å². The lowest BCUT2D eigenvalue weighted by Crippen LogP contribution is -2.36. The fraction of sp³-hybridized carbons (Fsp3) is 0.333. The molecule has 0 heterocycles. The molecule has 0 bridgehead atoms. The Morgan fingerprint density at radius 1 is 1.45 bits per heavy atom. The lowest BCUT2D eigenvalue weighted by atomic mass is 10.2. The number of hydrogen-bond acceptors (Lipinski definition) is 2. The van der Waals surface area contributed by atoms with Gasteiger partial charge in [0, 0.05) is 18.2 Å². The first-order chi connectivity index (χ1) is 9.20. The molecule has 0 spiro atoms. The van der Waals surface area contributed by atoms with Crippen molar-refractivity contribution in [3.8, 4) is 0 Å². The van der Waals surface area contributed by atoms with Gasteiger partial charge in [0.15, 0.2) is 0 Å². The summed E-state index contributed by atoms with van der Waals surface area (Å²) in [4.78, 5) is 11.8. The molecule has 1 rings (SSSR count). The highest BCUT2D eigenvalue weighted by atomic mass is 32.1. The summed E-state index contributed by atoms with van der Waals surface area (Å²) in [5.41, 5.74) is 4.61. The Morgan fingerprint density at radius 2 is 2.10 bits per heavy atom. The Kier molecular flexibility index (Phi) is 5.32. The van der Waals surface area contributed by atoms with Crippen molar-refractivity contribution in [1.29, 1.82) is 0 Å². The number of halogens is 3. The number of carbonyl (C=O) groups excluding carboxylic acids is 1. The van der Waals surface area contributed by atoms with E-state index in [1.807, 2.05) is 0 Å². The van der Waals surface area contributed by atoms with E-state index in [0.29, 0.717) is 0 Å². The SMILES string of the molecule is CC(CNC(=O)Nc1cccc(C(F)(F)F)c1)C(N)=S. The van der Waals surface area contributed by atoms with E-state index in [9.17, 15) is 18.0 Å². The van der Waals surface area contributed by atoms with Crippen LogP contribution in [0.3, 0.4) is 0 Å². The Balaban J connectivity index is 2.61. The van der Waals surface area contributed by atoms with Crippen LogP contribution in [0.2, 0.25) is 0 Å². The monoisotopic (exact) mass is 305 g/mol. The molecule has 0 aromatic heterocycles. The van der Waals surface area contributed by atoms with Gasteiger partial charge in [-0.25, -0.2) is 4.79 Å². The maximum atomic E-state index is 12.5. The molecular weight excluding hydrogens is 291 g/mol. The molecule has 1 atom stereocenters. The predicted octanol–water partition coefficient (Wildman–Crippen LogP) is 2.75. The van der Waals surface area contributed by atoms with Gasteiger partial charge in [0.2, 0.25) is 0 Å². The second-order valence-corrected chi connectivity index (χ2v) is 4.69. The number of benzene rings is 1. The molecule has 20 heavy (non-hydrogen) atoms. The summed E-state index contributed by atoms with van der Waals surface area (Å²) in [6, 6.07) is 3.75. The van der Waals surface area contributed by atoms with Gasteiger partial charge < -0.3 is 16.4 Å². The zero-order chi connectivity index (χ0) is 15.3. The molecule has 0 saturated carbocycles. The van der Waals surface area contributed by atoms with Gasteiger partial charge >= 0.3 is 12.2 Å². The van der Waals surface area contributed by atoms with Gasteiger partial charge in [-0.2, -0.15) is 13.2 Å². The fourth-order valence-corrected chi connectivity index (χ4v) is 1.38. The number of hydrogen-bond donors (Lipinski definition) is 3. The number of thiocarbonyl (C=S) groups is 1. The molecule has 2 amide bonds. The lowest BCUT2D eigenvalue weighted by Gasteiger charge is -2.13. The van der Waals surface area contributed by atoms with E-state index in [1.165, 1.54) is 12.1 Å². The van der Waals surface area contributed by atoms with Crippen LogP contribution in [-0.4, -0.2) is 17.6 Å². The van der Waals surface area contributed by atoms with Crippen molar-refractivity contribution in [2.24, 2.45) is 11.7 Å². The van der Waals surface area contributed by atoms with Crippen LogP contribution in [0, 0.1) is 5.92 Å². The number of anilines is 1. The van der Waals surface area contributed by atoms with Gasteiger partial charge in [-0.3, -0.25) is 0 Å². The molecule has 0 aliphatic heterocycles. The third kappa shape index (κ3) is 5.04. The van der Waals surface area contributed by atoms with Crippen LogP contribution in [0.25, 0.3) is 0 Å². The first-order valence-electron chi connectivity index (χ1n) is 5.71. The van der Waals surface area contributed by atoms with Crippen LogP contribution < -0.4 is 16.4 Å². The molecule has 4 nitrogen and oxygen atoms in total. The number of urea groups is 1. The van der Waals surface area contributed by atoms with Crippen molar-refractivity contribution >= 4 is 28.9 Å². The summed E-state index contributed by atoms with van der Waals surface area (Å²) < 4.78 is 37.5. The topological polar surface area (TPSA) is 67.2 Å². The molecule has 1 aromatic rings. The molecule has 0 aliphatic carbocycles. The first-order valence-corrected chi connectivity index (χ1v) is 6.12. The summed E-state index contributed by atoms with van der Waals surface area (Å²) in [6.45, 7) is 1.94. The molecule has 110 valence electrons. The van der Waals surface area contributed by atoms with E-state index in [2.05, 4.69) is 10.6 Å². The fourth-order valence-electron chi connectivity index (χ4n) is 1.29. The first kappa shape index (κ1) is 16.2. The molecule has 8 heteroatoms. The average molecular weight is 305 g/mol. The number of nitrogens with two attached hydrogens (primary N) is 1. The number of rotatable bonds is 4. The maximum absolute atomic E-state index is 12.5. The molecule has 0 aliphatic rings. The van der Waals surface area contributed by atoms with Crippen molar-refractivity contribution < 1.29 is 18.0 Å². The summed E-state index contributed by atoms with van der Waals surface area (Å²) in [5.74, 6) is -0.197. The van der Waals surface area contributed by atoms with Gasteiger partial charge in [-0.15, -0.1) is 0 Å². The highest BCUT2D eigenvalue weighted by Crippen LogP contribution is 2.30. The number of nitrogens with one attached hydrogen (secondary N) is 2. The highest BCUT2D eigenvalue weighted by Gasteiger charge is 2.30. The number of alkyl halides is 3. The molecule has 0 saturated heterocycles. The molecule has 4 N–H and O–H groups in total. The van der Waals surface area contributed by atoms with E-state index < -0.39 is 17.8 Å². The van der Waals surface area contributed by atoms with Crippen LogP contribution in [0.1, 0.15) is 12.5 Å². The van der Waals surface area contributed by atoms with Gasteiger partial charge in [-0.05, 0) is 18.2 Å². The Labute approximate surface area is 119 Å². The summed E-state index contributed by atoms with van der Waals surface area (Å²) >= 11 is 4.74. The summed E-state index contributed by atoms with van der Waals surface area (Å²) in [6.07, 6.45) is -4.45. The Morgan fingerprint density at radius 3 is 2.65 bits per heavy atom. The standard InChI is InChI=1S/C12H14F3N3OS/c1-7(10(16)20)6-17-11(19)18-9-4-2-3-8(5-9)12(13,14)15/h2-5,7H,6H2,1H3,(H2,16,20)(H2,17,18,19). The zero-order valence-corrected chi connectivity index (χ0v) is 11.4. The van der Waals surface area contributed by atoms with Crippen molar-refractivity contribution in [3.63, 3.8) is 0 Å². The Hall–Kier alpha value is -1.83. The van der Waals surface area contributed by atoms with Crippen molar-refractivity contribution in [2.75, 3.05) is 11.9 Å². The van der Waals surface area contributed by atoms with Crippen LogP contribution in [-0.2, 0) is 6.18 Å². The van der Waals surface area contributed by atoms with Crippen molar-refractivity contribution in [2.45, 2.75) is 13.1 Å². The van der Waals surface area contributed by atoms with E-state index in [4.69, 9.17) is 18.0 Å². The third-order valence-corrected chi connectivity index (χ3v) is 2.90. The van der Waals surface area contributed by atoms with Crippen LogP contribution in [0.15, 0.2) is 24.3 Å². The largest absolute Gasteiger partial charge is 0.416 e. The van der Waals surface area contributed by atoms with E-state index in [-0.39, 0.29) is 23.1 Å². The zero-order valence-electron chi connectivity index (χ0n) is 10.6. The smallest absolute Gasteiger partial charge is 0.393 e. The van der Waals surface area contributed by atoms with Crippen molar-refractivity contribution in [1.82, 2.24) is 5.32 Å². The van der Waals surface area contributed by atoms with Crippen LogP contribution >= 0.6 is 12.2 Å². The molecule has 0 fully saturated rings. The van der Waals surface area contributed by atoms with Gasteiger partial charge in [0.05, 0.1) is 10.6 Å². The van der Waals surface area contributed by atoms with Gasteiger partial charge in [-0.1, -0.05) is 25.2 Å². The minimum Gasteiger partial charge on any atom is -0.393 e. The second-order valence-electron chi connectivity index (χ2n) is 4.22. The van der Waals surface area contributed by atoms with E-state index in [1.54, 1.807) is 6.92 Å². The lowest BCUT2D eigenvalue weighted by molar-refractivity contribution is -0.137. The summed E-state index contributed by atoms with van der Waals surface area (Å²) in [5, 5.41) is 4.79. The Bertz CT molecular complexity index is 505. The van der Waals surface area contributed by atoms with E-state index in [0.717, 1.165) is 12.1 Å². The predicted molar refractivity (Wildman–Crippen MR) is 74.4 cm³/mol. The highest BCUT2D eigenvalue weighted by molar-refractivity contribution is 7.80. The van der Waals surface area contributed by atoms with Crippen molar-refractivity contribution in [3.05, 3.63) is 29.8 Å². The molecular formula is C12H14F3N3OS. The second kappa shape index (κ2) is 6.56. The van der Waals surface area contributed by atoms with Crippen LogP contribution in [0.4, 0.5) is 23.7 Å². The molecule has 1 aromatic carbocycles. The third-order valence-electron chi connectivity index (χ3n) is 2.50. The summed E-state index contributed by atoms with van der Waals surface area (Å²) in [7, 11) is 0. The molecule has 1 unspecified atom stereocenters. The quantitative estimate of drug-likeness (QED) is 0.749. The normalized spacial score (nSPS) is 12.6. The number of amides is 2.